The Balaban J connectivity index is 1.43. The molecule has 3 aromatic rings. The number of hydrogen-bond acceptors (Lipinski definition) is 5. The zero-order valence-corrected chi connectivity index (χ0v) is 18.9. The van der Waals surface area contributed by atoms with Gasteiger partial charge in [0.05, 0.1) is 11.7 Å². The molecule has 0 spiro atoms. The predicted octanol–water partition coefficient (Wildman–Crippen LogP) is 4.13. The molecule has 1 saturated heterocycles. The molecule has 0 bridgehead atoms. The summed E-state index contributed by atoms with van der Waals surface area (Å²) in [4.78, 5) is 29.0. The van der Waals surface area contributed by atoms with E-state index in [2.05, 4.69) is 32.1 Å². The molecule has 0 radical (unpaired) electrons. The number of benzene rings is 1. The SMILES string of the molecule is CCc1ncc(CN2CCC(C(NC(=O)c3ccccc3C)c3ccccn3)CC2)cn1. The Bertz CT molecular complexity index is 1010. The van der Waals surface area contributed by atoms with E-state index >= 15 is 0 Å². The number of carbonyl (C=O) groups excluding carboxylic acids is 1. The van der Waals surface area contributed by atoms with Gasteiger partial charge in [-0.3, -0.25) is 14.7 Å². The number of aromatic nitrogens is 3. The lowest BCUT2D eigenvalue weighted by Crippen LogP contribution is -2.41. The Hall–Kier alpha value is -3.12. The zero-order valence-electron chi connectivity index (χ0n) is 18.9. The minimum absolute atomic E-state index is 0.0330. The number of aryl methyl sites for hydroxylation is 2. The van der Waals surface area contributed by atoms with Crippen molar-refractivity contribution in [1.82, 2.24) is 25.2 Å². The summed E-state index contributed by atoms with van der Waals surface area (Å²) in [6.07, 6.45) is 8.55. The number of amides is 1. The van der Waals surface area contributed by atoms with Crippen molar-refractivity contribution < 1.29 is 4.79 Å². The van der Waals surface area contributed by atoms with Crippen molar-refractivity contribution in [3.05, 3.63) is 89.3 Å². The molecule has 166 valence electrons. The number of likely N-dealkylation sites (tertiary alicyclic amines) is 1. The lowest BCUT2D eigenvalue weighted by molar-refractivity contribution is 0.0887. The minimum Gasteiger partial charge on any atom is -0.343 e. The first-order chi connectivity index (χ1) is 15.6. The van der Waals surface area contributed by atoms with Gasteiger partial charge in [-0.05, 0) is 62.5 Å². The average molecular weight is 430 g/mol. The molecule has 1 aromatic carbocycles. The summed E-state index contributed by atoms with van der Waals surface area (Å²) in [5.74, 6) is 1.19. The first-order valence-corrected chi connectivity index (χ1v) is 11.4. The van der Waals surface area contributed by atoms with Crippen molar-refractivity contribution >= 4 is 5.91 Å². The third-order valence-corrected chi connectivity index (χ3v) is 6.27. The van der Waals surface area contributed by atoms with Gasteiger partial charge < -0.3 is 5.32 Å². The molecule has 1 aliphatic heterocycles. The van der Waals surface area contributed by atoms with E-state index in [9.17, 15) is 4.79 Å². The average Bonchev–Trinajstić information content (AvgIpc) is 2.84. The van der Waals surface area contributed by atoms with E-state index in [4.69, 9.17) is 0 Å². The third-order valence-electron chi connectivity index (χ3n) is 6.27. The molecular weight excluding hydrogens is 398 g/mol. The summed E-state index contributed by atoms with van der Waals surface area (Å²) in [7, 11) is 0. The third kappa shape index (κ3) is 5.37. The molecule has 32 heavy (non-hydrogen) atoms. The van der Waals surface area contributed by atoms with Gasteiger partial charge in [0.1, 0.15) is 5.82 Å². The topological polar surface area (TPSA) is 71.0 Å². The van der Waals surface area contributed by atoms with E-state index in [1.54, 1.807) is 6.20 Å². The van der Waals surface area contributed by atoms with Gasteiger partial charge in [-0.2, -0.15) is 0 Å². The van der Waals surface area contributed by atoms with E-state index in [1.807, 2.05) is 61.8 Å². The molecule has 1 aliphatic rings. The first kappa shape index (κ1) is 22.1. The van der Waals surface area contributed by atoms with E-state index in [1.165, 1.54) is 0 Å². The standard InChI is InChI=1S/C26H31N5O/c1-3-24-28-16-20(17-29-24)18-31-14-11-21(12-15-31)25(23-10-6-7-13-27-23)30-26(32)22-9-5-4-8-19(22)2/h4-10,13,16-17,21,25H,3,11-12,14-15,18H2,1-2H3,(H,30,32). The number of carbonyl (C=O) groups is 1. The smallest absolute Gasteiger partial charge is 0.252 e. The quantitative estimate of drug-likeness (QED) is 0.612. The number of hydrogen-bond donors (Lipinski definition) is 1. The minimum atomic E-state index is -0.0994. The van der Waals surface area contributed by atoms with Crippen LogP contribution in [0.3, 0.4) is 0 Å². The van der Waals surface area contributed by atoms with Crippen LogP contribution < -0.4 is 5.32 Å². The largest absolute Gasteiger partial charge is 0.343 e. The number of nitrogens with zero attached hydrogens (tertiary/aromatic N) is 4. The van der Waals surface area contributed by atoms with Crippen molar-refractivity contribution in [3.63, 3.8) is 0 Å². The van der Waals surface area contributed by atoms with E-state index in [0.29, 0.717) is 5.92 Å². The highest BCUT2D eigenvalue weighted by molar-refractivity contribution is 5.95. The number of rotatable bonds is 7. The summed E-state index contributed by atoms with van der Waals surface area (Å²) >= 11 is 0. The number of nitrogens with one attached hydrogen (secondary N) is 1. The zero-order chi connectivity index (χ0) is 22.3. The van der Waals surface area contributed by atoms with E-state index in [0.717, 1.165) is 67.1 Å². The highest BCUT2D eigenvalue weighted by Crippen LogP contribution is 2.31. The summed E-state index contributed by atoms with van der Waals surface area (Å²) in [5.41, 5.74) is 3.78. The molecule has 0 aliphatic carbocycles. The molecule has 0 saturated carbocycles. The van der Waals surface area contributed by atoms with Gasteiger partial charge in [-0.1, -0.05) is 31.2 Å². The fraction of sp³-hybridized carbons (Fsp3) is 0.385. The van der Waals surface area contributed by atoms with Crippen molar-refractivity contribution in [1.29, 1.82) is 0 Å². The highest BCUT2D eigenvalue weighted by Gasteiger charge is 2.30. The van der Waals surface area contributed by atoms with Gasteiger partial charge in [0, 0.05) is 42.7 Å². The van der Waals surface area contributed by atoms with Crippen molar-refractivity contribution in [2.45, 2.75) is 45.7 Å². The van der Waals surface area contributed by atoms with E-state index < -0.39 is 0 Å². The fourth-order valence-corrected chi connectivity index (χ4v) is 4.39. The van der Waals surface area contributed by atoms with Crippen LogP contribution in [0, 0.1) is 12.8 Å². The lowest BCUT2D eigenvalue weighted by Gasteiger charge is -2.36. The Morgan fingerprint density at radius 1 is 1.06 bits per heavy atom. The molecule has 2 aromatic heterocycles. The Morgan fingerprint density at radius 3 is 2.44 bits per heavy atom. The van der Waals surface area contributed by atoms with Crippen LogP contribution in [0.25, 0.3) is 0 Å². The number of pyridine rings is 1. The monoisotopic (exact) mass is 429 g/mol. The van der Waals surface area contributed by atoms with Crippen LogP contribution in [-0.4, -0.2) is 38.8 Å². The van der Waals surface area contributed by atoms with Gasteiger partial charge in [0.2, 0.25) is 0 Å². The van der Waals surface area contributed by atoms with Crippen LogP contribution in [-0.2, 0) is 13.0 Å². The second kappa shape index (κ2) is 10.5. The molecule has 4 rings (SSSR count). The van der Waals surface area contributed by atoms with Gasteiger partial charge in [0.15, 0.2) is 0 Å². The van der Waals surface area contributed by atoms with E-state index in [-0.39, 0.29) is 11.9 Å². The molecule has 1 N–H and O–H groups in total. The molecule has 1 unspecified atom stereocenters. The normalized spacial score (nSPS) is 15.9. The maximum atomic E-state index is 13.1. The molecular formula is C26H31N5O. The summed E-state index contributed by atoms with van der Waals surface area (Å²) in [6.45, 7) is 6.85. The highest BCUT2D eigenvalue weighted by atomic mass is 16.1. The van der Waals surface area contributed by atoms with Crippen LogP contribution in [0.5, 0.6) is 0 Å². The Labute approximate surface area is 190 Å². The predicted molar refractivity (Wildman–Crippen MR) is 125 cm³/mol. The molecule has 1 amide bonds. The summed E-state index contributed by atoms with van der Waals surface area (Å²) in [6, 6.07) is 13.5. The molecule has 1 fully saturated rings. The van der Waals surface area contributed by atoms with Crippen LogP contribution in [0.2, 0.25) is 0 Å². The fourth-order valence-electron chi connectivity index (χ4n) is 4.39. The van der Waals surface area contributed by atoms with Gasteiger partial charge in [0.25, 0.3) is 5.91 Å². The van der Waals surface area contributed by atoms with Crippen molar-refractivity contribution in [3.8, 4) is 0 Å². The number of piperidine rings is 1. The molecule has 6 heteroatoms. The second-order valence-electron chi connectivity index (χ2n) is 8.50. The van der Waals surface area contributed by atoms with Crippen molar-refractivity contribution in [2.24, 2.45) is 5.92 Å². The molecule has 6 nitrogen and oxygen atoms in total. The first-order valence-electron chi connectivity index (χ1n) is 11.4. The van der Waals surface area contributed by atoms with Crippen LogP contribution >= 0.6 is 0 Å². The Morgan fingerprint density at radius 2 is 1.78 bits per heavy atom. The van der Waals surface area contributed by atoms with Gasteiger partial charge >= 0.3 is 0 Å². The second-order valence-corrected chi connectivity index (χ2v) is 8.50. The summed E-state index contributed by atoms with van der Waals surface area (Å²) in [5, 5.41) is 3.30. The van der Waals surface area contributed by atoms with Crippen LogP contribution in [0.15, 0.2) is 61.1 Å². The molecule has 3 heterocycles. The lowest BCUT2D eigenvalue weighted by atomic mass is 9.87. The van der Waals surface area contributed by atoms with Crippen LogP contribution in [0.1, 0.15) is 58.8 Å². The molecule has 1 atom stereocenters. The van der Waals surface area contributed by atoms with Crippen LogP contribution in [0.4, 0.5) is 0 Å². The van der Waals surface area contributed by atoms with Crippen molar-refractivity contribution in [2.75, 3.05) is 13.1 Å². The maximum Gasteiger partial charge on any atom is 0.252 e. The summed E-state index contributed by atoms with van der Waals surface area (Å²) < 4.78 is 0. The maximum absolute atomic E-state index is 13.1. The van der Waals surface area contributed by atoms with Gasteiger partial charge in [-0.25, -0.2) is 9.97 Å². The Kier molecular flexibility index (Phi) is 7.22. The van der Waals surface area contributed by atoms with Gasteiger partial charge in [-0.15, -0.1) is 0 Å².